The lowest BCUT2D eigenvalue weighted by Gasteiger charge is -2.10. The van der Waals surface area contributed by atoms with Crippen LogP contribution in [0.5, 0.6) is 0 Å². The normalized spacial score (nSPS) is 11.1. The number of carbonyl (C=O) groups is 1. The predicted molar refractivity (Wildman–Crippen MR) is 125 cm³/mol. The van der Waals surface area contributed by atoms with Crippen LogP contribution in [0.1, 0.15) is 22.5 Å². The molecule has 1 N–H and O–H groups in total. The van der Waals surface area contributed by atoms with E-state index in [9.17, 15) is 4.79 Å². The van der Waals surface area contributed by atoms with Crippen molar-refractivity contribution < 1.29 is 4.79 Å². The van der Waals surface area contributed by atoms with Crippen LogP contribution in [0, 0.1) is 13.8 Å². The summed E-state index contributed by atoms with van der Waals surface area (Å²) in [7, 11) is 0. The van der Waals surface area contributed by atoms with E-state index in [0.29, 0.717) is 26.7 Å². The summed E-state index contributed by atoms with van der Waals surface area (Å²) >= 11 is 13.2. The molecule has 9 heteroatoms. The molecule has 0 unspecified atom stereocenters. The second-order valence-electron chi connectivity index (χ2n) is 7.02. The highest BCUT2D eigenvalue weighted by Crippen LogP contribution is 2.22. The quantitative estimate of drug-likeness (QED) is 0.382. The van der Waals surface area contributed by atoms with Gasteiger partial charge in [-0.2, -0.15) is 4.98 Å². The Morgan fingerprint density at radius 1 is 1.06 bits per heavy atom. The van der Waals surface area contributed by atoms with Crippen LogP contribution in [0.15, 0.2) is 53.7 Å². The van der Waals surface area contributed by atoms with Crippen LogP contribution in [0.2, 0.25) is 10.0 Å². The molecule has 0 fully saturated rings. The van der Waals surface area contributed by atoms with Gasteiger partial charge in [-0.25, -0.2) is 9.50 Å². The summed E-state index contributed by atoms with van der Waals surface area (Å²) in [6, 6.07) is 14.8. The Balaban J connectivity index is 1.49. The molecule has 0 aliphatic heterocycles. The molecule has 0 aliphatic rings. The molecule has 158 valence electrons. The SMILES string of the molecule is Cc1nc2nc(SCC(=O)Nc3cccc(Cl)c3)nn2c(C)c1Cc1ccc(Cl)cc1. The zero-order valence-corrected chi connectivity index (χ0v) is 19.2. The van der Waals surface area contributed by atoms with Crippen LogP contribution in [0.4, 0.5) is 5.69 Å². The van der Waals surface area contributed by atoms with E-state index in [2.05, 4.69) is 20.4 Å². The van der Waals surface area contributed by atoms with Gasteiger partial charge < -0.3 is 5.32 Å². The Morgan fingerprint density at radius 2 is 1.84 bits per heavy atom. The molecule has 0 saturated carbocycles. The van der Waals surface area contributed by atoms with Crippen molar-refractivity contribution in [2.45, 2.75) is 25.4 Å². The van der Waals surface area contributed by atoms with Crippen molar-refractivity contribution in [1.82, 2.24) is 19.6 Å². The summed E-state index contributed by atoms with van der Waals surface area (Å²) in [5.41, 5.74) is 4.77. The molecule has 2 aromatic carbocycles. The number of anilines is 1. The highest BCUT2D eigenvalue weighted by atomic mass is 35.5. The van der Waals surface area contributed by atoms with Crippen molar-refractivity contribution in [3.63, 3.8) is 0 Å². The molecule has 0 saturated heterocycles. The molecular formula is C22H19Cl2N5OS. The predicted octanol–water partition coefficient (Wildman–Crippen LogP) is 5.37. The van der Waals surface area contributed by atoms with E-state index < -0.39 is 0 Å². The van der Waals surface area contributed by atoms with E-state index in [1.165, 1.54) is 11.8 Å². The number of nitrogens with zero attached hydrogens (tertiary/aromatic N) is 4. The monoisotopic (exact) mass is 471 g/mol. The number of hydrogen-bond donors (Lipinski definition) is 1. The molecule has 4 aromatic rings. The Labute approximate surface area is 194 Å². The molecule has 0 bridgehead atoms. The number of halogens is 2. The third kappa shape index (κ3) is 5.18. The molecule has 6 nitrogen and oxygen atoms in total. The van der Waals surface area contributed by atoms with E-state index >= 15 is 0 Å². The third-order valence-electron chi connectivity index (χ3n) is 4.76. The number of carbonyl (C=O) groups excluding carboxylic acids is 1. The topological polar surface area (TPSA) is 72.2 Å². The number of aromatic nitrogens is 4. The Hall–Kier alpha value is -2.61. The number of thioether (sulfide) groups is 1. The van der Waals surface area contributed by atoms with Crippen molar-refractivity contribution >= 4 is 52.3 Å². The third-order valence-corrected chi connectivity index (χ3v) is 6.09. The fraction of sp³-hybridized carbons (Fsp3) is 0.182. The minimum Gasteiger partial charge on any atom is -0.325 e. The van der Waals surface area contributed by atoms with Crippen molar-refractivity contribution in [3.8, 4) is 0 Å². The first-order valence-corrected chi connectivity index (χ1v) is 11.3. The van der Waals surface area contributed by atoms with Crippen LogP contribution in [-0.4, -0.2) is 31.2 Å². The number of amides is 1. The molecular weight excluding hydrogens is 453 g/mol. The maximum Gasteiger partial charge on any atom is 0.253 e. The van der Waals surface area contributed by atoms with Gasteiger partial charge in [-0.05, 0) is 55.3 Å². The highest BCUT2D eigenvalue weighted by molar-refractivity contribution is 7.99. The number of aryl methyl sites for hydroxylation is 2. The molecule has 4 rings (SSSR count). The second kappa shape index (κ2) is 9.26. The summed E-state index contributed by atoms with van der Waals surface area (Å²) in [6.07, 6.45) is 0.724. The Morgan fingerprint density at radius 3 is 2.58 bits per heavy atom. The van der Waals surface area contributed by atoms with Gasteiger partial charge in [-0.3, -0.25) is 4.79 Å². The summed E-state index contributed by atoms with van der Waals surface area (Å²) in [5.74, 6) is 0.544. The zero-order valence-electron chi connectivity index (χ0n) is 16.9. The van der Waals surface area contributed by atoms with Gasteiger partial charge in [0.05, 0.1) is 5.75 Å². The lowest BCUT2D eigenvalue weighted by atomic mass is 10.0. The molecule has 0 atom stereocenters. The van der Waals surface area contributed by atoms with Crippen molar-refractivity contribution in [3.05, 3.63) is 81.1 Å². The molecule has 1 amide bonds. The van der Waals surface area contributed by atoms with Gasteiger partial charge in [0.25, 0.3) is 5.78 Å². The molecule has 0 spiro atoms. The number of fused-ring (bicyclic) bond motifs is 1. The van der Waals surface area contributed by atoms with Gasteiger partial charge in [-0.1, -0.05) is 53.2 Å². The zero-order chi connectivity index (χ0) is 22.0. The van der Waals surface area contributed by atoms with E-state index in [1.54, 1.807) is 28.8 Å². The Bertz CT molecular complexity index is 1260. The smallest absolute Gasteiger partial charge is 0.253 e. The first kappa shape index (κ1) is 21.6. The number of benzene rings is 2. The van der Waals surface area contributed by atoms with Crippen molar-refractivity contribution in [2.24, 2.45) is 0 Å². The average molecular weight is 472 g/mol. The van der Waals surface area contributed by atoms with E-state index in [1.807, 2.05) is 38.1 Å². The maximum atomic E-state index is 12.3. The summed E-state index contributed by atoms with van der Waals surface area (Å²) in [4.78, 5) is 21.3. The fourth-order valence-corrected chi connectivity index (χ4v) is 4.14. The van der Waals surface area contributed by atoms with Crippen LogP contribution in [0.25, 0.3) is 5.78 Å². The first-order chi connectivity index (χ1) is 14.9. The van der Waals surface area contributed by atoms with E-state index in [4.69, 9.17) is 23.2 Å². The number of hydrogen-bond acceptors (Lipinski definition) is 5. The highest BCUT2D eigenvalue weighted by Gasteiger charge is 2.15. The summed E-state index contributed by atoms with van der Waals surface area (Å²) < 4.78 is 1.73. The summed E-state index contributed by atoms with van der Waals surface area (Å²) in [6.45, 7) is 3.97. The van der Waals surface area contributed by atoms with Crippen LogP contribution in [0.3, 0.4) is 0 Å². The maximum absolute atomic E-state index is 12.3. The molecule has 0 radical (unpaired) electrons. The number of rotatable bonds is 6. The Kier molecular flexibility index (Phi) is 6.46. The number of nitrogens with one attached hydrogen (secondary N) is 1. The van der Waals surface area contributed by atoms with E-state index in [-0.39, 0.29) is 11.7 Å². The second-order valence-corrected chi connectivity index (χ2v) is 8.83. The van der Waals surface area contributed by atoms with Gasteiger partial charge >= 0.3 is 0 Å². The average Bonchev–Trinajstić information content (AvgIpc) is 3.14. The molecule has 2 aromatic heterocycles. The molecule has 0 aliphatic carbocycles. The van der Waals surface area contributed by atoms with Crippen LogP contribution < -0.4 is 5.32 Å². The first-order valence-electron chi connectivity index (χ1n) is 9.54. The lowest BCUT2D eigenvalue weighted by Crippen LogP contribution is -2.14. The van der Waals surface area contributed by atoms with Gasteiger partial charge in [0.1, 0.15) is 0 Å². The van der Waals surface area contributed by atoms with Crippen LogP contribution >= 0.6 is 35.0 Å². The van der Waals surface area contributed by atoms with Crippen molar-refractivity contribution in [1.29, 1.82) is 0 Å². The van der Waals surface area contributed by atoms with Gasteiger partial charge in [0, 0.05) is 33.5 Å². The lowest BCUT2D eigenvalue weighted by molar-refractivity contribution is -0.113. The standard InChI is InChI=1S/C22H19Cl2N5OS/c1-13-19(10-15-6-8-16(23)9-7-15)14(2)29-21(25-13)27-22(28-29)31-12-20(30)26-18-5-3-4-17(24)11-18/h3-9,11H,10,12H2,1-2H3,(H,26,30). The van der Waals surface area contributed by atoms with Crippen LogP contribution in [-0.2, 0) is 11.2 Å². The minimum absolute atomic E-state index is 0.157. The minimum atomic E-state index is -0.157. The van der Waals surface area contributed by atoms with Gasteiger partial charge in [-0.15, -0.1) is 5.10 Å². The molecule has 2 heterocycles. The summed E-state index contributed by atoms with van der Waals surface area (Å²) in [5, 5.41) is 9.14. The van der Waals surface area contributed by atoms with Gasteiger partial charge in [0.15, 0.2) is 0 Å². The van der Waals surface area contributed by atoms with E-state index in [0.717, 1.165) is 28.9 Å². The largest absolute Gasteiger partial charge is 0.325 e. The fourth-order valence-electron chi connectivity index (χ4n) is 3.21. The van der Waals surface area contributed by atoms with Gasteiger partial charge in [0.2, 0.25) is 11.1 Å². The van der Waals surface area contributed by atoms with Crippen molar-refractivity contribution in [2.75, 3.05) is 11.1 Å². The molecule has 31 heavy (non-hydrogen) atoms.